The molecule has 13 nitrogen and oxygen atoms in total. The first-order valence-electron chi connectivity index (χ1n) is 16.2. The van der Waals surface area contributed by atoms with Gasteiger partial charge in [-0.25, -0.2) is 4.79 Å². The van der Waals surface area contributed by atoms with Crippen LogP contribution in [0.25, 0.3) is 6.08 Å². The molecular formula is C39H33N5O8S2. The molecule has 4 amide bonds. The molecule has 0 saturated heterocycles. The number of para-hydroxylation sites is 1. The highest BCUT2D eigenvalue weighted by Crippen LogP contribution is 2.35. The van der Waals surface area contributed by atoms with Crippen LogP contribution >= 0.6 is 23.1 Å². The predicted octanol–water partition coefficient (Wildman–Crippen LogP) is 7.53. The Morgan fingerprint density at radius 1 is 0.815 bits per heavy atom. The number of anilines is 3. The number of carbonyl (C=O) groups is 5. The van der Waals surface area contributed by atoms with Gasteiger partial charge in [0.2, 0.25) is 5.91 Å². The molecule has 0 radical (unpaired) electrons. The van der Waals surface area contributed by atoms with Crippen LogP contribution in [0.1, 0.15) is 48.4 Å². The normalized spacial score (nSPS) is 11.5. The first-order chi connectivity index (χ1) is 25.9. The summed E-state index contributed by atoms with van der Waals surface area (Å²) in [4.78, 5) is 77.3. The van der Waals surface area contributed by atoms with Crippen molar-refractivity contribution in [3.63, 3.8) is 0 Å². The molecule has 15 heteroatoms. The molecule has 5 aromatic rings. The lowest BCUT2D eigenvalue weighted by Crippen LogP contribution is -2.30. The molecule has 4 N–H and O–H groups in total. The molecule has 5 rings (SSSR count). The SMILES string of the molecule is COC(=O)c1c(NC(=O)C(C)Sc2cccc(NC(=O)/C(=C\c3ccc([N+](=O)[O-])cc3)NC(=O)c3ccccc3)c2)sc(C(=O)Nc2ccccc2)c1C. The quantitative estimate of drug-likeness (QED) is 0.0309. The lowest BCUT2D eigenvalue weighted by Gasteiger charge is -2.14. The summed E-state index contributed by atoms with van der Waals surface area (Å²) in [7, 11) is 1.21. The number of carbonyl (C=O) groups excluding carboxylic acids is 5. The molecule has 0 aliphatic rings. The highest BCUT2D eigenvalue weighted by molar-refractivity contribution is 8.00. The fourth-order valence-electron chi connectivity index (χ4n) is 4.99. The summed E-state index contributed by atoms with van der Waals surface area (Å²) >= 11 is 2.14. The van der Waals surface area contributed by atoms with Gasteiger partial charge in [0, 0.05) is 34.0 Å². The fourth-order valence-corrected chi connectivity index (χ4v) is 7.01. The smallest absolute Gasteiger partial charge is 0.341 e. The summed E-state index contributed by atoms with van der Waals surface area (Å²) in [5, 5.41) is 21.5. The van der Waals surface area contributed by atoms with Gasteiger partial charge in [-0.3, -0.25) is 29.3 Å². The third-order valence-electron chi connectivity index (χ3n) is 7.73. The summed E-state index contributed by atoms with van der Waals surface area (Å²) in [5.41, 5.74) is 1.86. The second-order valence-corrected chi connectivity index (χ2v) is 14.0. The largest absolute Gasteiger partial charge is 0.465 e. The van der Waals surface area contributed by atoms with Crippen LogP contribution < -0.4 is 21.3 Å². The molecule has 0 spiro atoms. The second-order valence-electron chi connectivity index (χ2n) is 11.5. The summed E-state index contributed by atoms with van der Waals surface area (Å²) < 4.78 is 4.95. The molecule has 1 unspecified atom stereocenters. The molecule has 0 aliphatic heterocycles. The lowest BCUT2D eigenvalue weighted by atomic mass is 10.1. The van der Waals surface area contributed by atoms with Gasteiger partial charge in [0.15, 0.2) is 0 Å². The predicted molar refractivity (Wildman–Crippen MR) is 209 cm³/mol. The first kappa shape index (κ1) is 38.6. The number of nitrogens with zero attached hydrogens (tertiary/aromatic N) is 1. The minimum Gasteiger partial charge on any atom is -0.465 e. The van der Waals surface area contributed by atoms with E-state index in [1.165, 1.54) is 49.2 Å². The van der Waals surface area contributed by atoms with Gasteiger partial charge in [-0.15, -0.1) is 23.1 Å². The van der Waals surface area contributed by atoms with Gasteiger partial charge in [-0.05, 0) is 85.6 Å². The zero-order valence-corrected chi connectivity index (χ0v) is 30.7. The van der Waals surface area contributed by atoms with Gasteiger partial charge in [0.25, 0.3) is 23.4 Å². The fraction of sp³-hybridized carbons (Fsp3) is 0.103. The number of thioether (sulfide) groups is 1. The van der Waals surface area contributed by atoms with Crippen LogP contribution in [0.3, 0.4) is 0 Å². The number of methoxy groups -OCH3 is 1. The monoisotopic (exact) mass is 763 g/mol. The number of nitro benzene ring substituents is 1. The molecule has 54 heavy (non-hydrogen) atoms. The van der Waals surface area contributed by atoms with Crippen molar-refractivity contribution in [1.82, 2.24) is 5.32 Å². The van der Waals surface area contributed by atoms with Gasteiger partial charge < -0.3 is 26.0 Å². The van der Waals surface area contributed by atoms with Crippen molar-refractivity contribution in [1.29, 1.82) is 0 Å². The highest BCUT2D eigenvalue weighted by Gasteiger charge is 2.28. The Labute approximate surface area is 318 Å². The second kappa shape index (κ2) is 17.8. The summed E-state index contributed by atoms with van der Waals surface area (Å²) in [6.45, 7) is 3.27. The average molecular weight is 764 g/mol. The number of hydrogen-bond donors (Lipinski definition) is 4. The van der Waals surface area contributed by atoms with Gasteiger partial charge >= 0.3 is 5.97 Å². The molecule has 1 aromatic heterocycles. The first-order valence-corrected chi connectivity index (χ1v) is 17.9. The van der Waals surface area contributed by atoms with Gasteiger partial charge in [0.05, 0.1) is 27.7 Å². The summed E-state index contributed by atoms with van der Waals surface area (Å²) in [6, 6.07) is 29.3. The van der Waals surface area contributed by atoms with Crippen molar-refractivity contribution in [3.8, 4) is 0 Å². The van der Waals surface area contributed by atoms with Crippen molar-refractivity contribution in [2.45, 2.75) is 24.0 Å². The summed E-state index contributed by atoms with van der Waals surface area (Å²) in [6.07, 6.45) is 1.40. The van der Waals surface area contributed by atoms with E-state index in [4.69, 9.17) is 4.74 Å². The van der Waals surface area contributed by atoms with Crippen LogP contribution in [0.15, 0.2) is 120 Å². The number of thiophene rings is 1. The van der Waals surface area contributed by atoms with E-state index in [2.05, 4.69) is 21.3 Å². The standard InChI is InChI=1S/C39H33N5O8S2/c1-23-32(39(49)52-3)38(54-33(23)37(48)40-27-13-8-5-9-14-27)43-34(45)24(2)53-30-16-10-15-28(22-30)41-36(47)31(42-35(46)26-11-6-4-7-12-26)21-25-17-19-29(20-18-25)44(50)51/h4-22,24H,1-3H3,(H,40,48)(H,41,47)(H,42,46)(H,43,45)/b31-21+. The van der Waals surface area contributed by atoms with E-state index in [1.54, 1.807) is 92.7 Å². The Hall–Kier alpha value is -6.58. The van der Waals surface area contributed by atoms with Crippen molar-refractivity contribution < 1.29 is 33.6 Å². The maximum absolute atomic E-state index is 13.6. The molecule has 0 bridgehead atoms. The molecule has 4 aromatic carbocycles. The van der Waals surface area contributed by atoms with Gasteiger partial charge in [-0.2, -0.15) is 0 Å². The number of esters is 1. The molecule has 1 atom stereocenters. The van der Waals surface area contributed by atoms with Crippen LogP contribution in [0.4, 0.5) is 22.1 Å². The number of non-ortho nitro benzene ring substituents is 1. The Bertz CT molecular complexity index is 2240. The van der Waals surface area contributed by atoms with E-state index in [1.807, 2.05) is 6.07 Å². The van der Waals surface area contributed by atoms with Crippen molar-refractivity contribution >= 4 is 80.8 Å². The zero-order chi connectivity index (χ0) is 38.8. The highest BCUT2D eigenvalue weighted by atomic mass is 32.2. The maximum Gasteiger partial charge on any atom is 0.341 e. The number of amides is 4. The van der Waals surface area contributed by atoms with Crippen molar-refractivity contribution in [2.24, 2.45) is 0 Å². The molecular weight excluding hydrogens is 731 g/mol. The van der Waals surface area contributed by atoms with E-state index < -0.39 is 39.8 Å². The van der Waals surface area contributed by atoms with Crippen LogP contribution in [-0.4, -0.2) is 46.9 Å². The van der Waals surface area contributed by atoms with Crippen LogP contribution in [-0.2, 0) is 14.3 Å². The number of rotatable bonds is 13. The van der Waals surface area contributed by atoms with Gasteiger partial charge in [-0.1, -0.05) is 42.5 Å². The molecule has 274 valence electrons. The topological polar surface area (TPSA) is 186 Å². The summed E-state index contributed by atoms with van der Waals surface area (Å²) in [5.74, 6) is -2.80. The van der Waals surface area contributed by atoms with E-state index >= 15 is 0 Å². The third-order valence-corrected chi connectivity index (χ3v) is 10.0. The number of nitro groups is 1. The minimum absolute atomic E-state index is 0.0768. The molecule has 0 aliphatic carbocycles. The van der Waals surface area contributed by atoms with Crippen LogP contribution in [0.5, 0.6) is 0 Å². The van der Waals surface area contributed by atoms with E-state index in [-0.39, 0.29) is 26.8 Å². The third kappa shape index (κ3) is 9.84. The van der Waals surface area contributed by atoms with E-state index in [0.29, 0.717) is 33.0 Å². The minimum atomic E-state index is -0.705. The Morgan fingerprint density at radius 2 is 1.46 bits per heavy atom. The molecule has 0 fully saturated rings. The Kier molecular flexibility index (Phi) is 12.7. The number of nitrogens with one attached hydrogen (secondary N) is 4. The Morgan fingerprint density at radius 3 is 2.11 bits per heavy atom. The number of hydrogen-bond acceptors (Lipinski definition) is 10. The number of ether oxygens (including phenoxy) is 1. The van der Waals surface area contributed by atoms with Gasteiger partial charge in [0.1, 0.15) is 10.7 Å². The van der Waals surface area contributed by atoms with Crippen LogP contribution in [0.2, 0.25) is 0 Å². The number of benzene rings is 4. The van der Waals surface area contributed by atoms with E-state index in [9.17, 15) is 34.1 Å². The van der Waals surface area contributed by atoms with Crippen LogP contribution in [0, 0.1) is 17.0 Å². The lowest BCUT2D eigenvalue weighted by molar-refractivity contribution is -0.384. The maximum atomic E-state index is 13.6. The molecule has 0 saturated carbocycles. The molecule has 1 heterocycles. The average Bonchev–Trinajstić information content (AvgIpc) is 3.50. The van der Waals surface area contributed by atoms with E-state index in [0.717, 1.165) is 11.3 Å². The zero-order valence-electron chi connectivity index (χ0n) is 29.1. The van der Waals surface area contributed by atoms with Crippen molar-refractivity contribution in [3.05, 3.63) is 152 Å². The van der Waals surface area contributed by atoms with Crippen molar-refractivity contribution in [2.75, 3.05) is 23.1 Å². The Balaban J connectivity index is 1.30.